The molecule has 0 aromatic carbocycles. The van der Waals surface area contributed by atoms with Gasteiger partial charge in [-0.2, -0.15) is 0 Å². The Morgan fingerprint density at radius 1 is 1.10 bits per heavy atom. The fourth-order valence-corrected chi connectivity index (χ4v) is 4.97. The first-order valence-corrected chi connectivity index (χ1v) is 12.0. The van der Waals surface area contributed by atoms with Gasteiger partial charge in [-0.25, -0.2) is 0 Å². The van der Waals surface area contributed by atoms with E-state index in [1.165, 1.54) is 69.7 Å². The summed E-state index contributed by atoms with van der Waals surface area (Å²) < 4.78 is 0. The van der Waals surface area contributed by atoms with Crippen molar-refractivity contribution >= 4 is 41.3 Å². The quantitative estimate of drug-likeness (QED) is 0.231. The van der Waals surface area contributed by atoms with Crippen LogP contribution in [0.3, 0.4) is 0 Å². The maximum absolute atomic E-state index is 4.40. The third kappa shape index (κ3) is 9.11. The Morgan fingerprint density at radius 2 is 1.83 bits per heavy atom. The van der Waals surface area contributed by atoms with Crippen LogP contribution in [0.15, 0.2) is 22.5 Å². The van der Waals surface area contributed by atoms with Gasteiger partial charge in [-0.1, -0.05) is 13.0 Å². The molecule has 0 amide bonds. The van der Waals surface area contributed by atoms with Crippen molar-refractivity contribution < 1.29 is 0 Å². The van der Waals surface area contributed by atoms with Crippen molar-refractivity contribution in [3.05, 3.63) is 22.4 Å². The normalized spacial score (nSPS) is 20.4. The molecule has 2 N–H and O–H groups in total. The second-order valence-electron chi connectivity index (χ2n) is 8.56. The molecular weight excluding hydrogens is 493 g/mol. The molecule has 3 rings (SSSR count). The summed E-state index contributed by atoms with van der Waals surface area (Å²) in [7, 11) is 1.88. The second-order valence-corrected chi connectivity index (χ2v) is 9.59. The van der Waals surface area contributed by atoms with E-state index in [2.05, 4.69) is 49.9 Å². The Hall–Kier alpha value is -0.380. The van der Waals surface area contributed by atoms with Gasteiger partial charge in [-0.05, 0) is 88.1 Å². The number of thiophene rings is 1. The standard InChI is InChI=1S/C22H39N5S.HI/c1-19-6-12-26(13-7-19)11-4-10-24-22(23-2)25-17-20-8-14-27(15-9-20)18-21-5-3-16-28-21;/h3,5,16,19-20H,4,6-15,17-18H2,1-2H3,(H2,23,24,25);1H. The number of hydrogen-bond donors (Lipinski definition) is 2. The number of halogens is 1. The first-order chi connectivity index (χ1) is 13.7. The second kappa shape index (κ2) is 13.8. The van der Waals surface area contributed by atoms with Gasteiger partial charge in [0.1, 0.15) is 0 Å². The van der Waals surface area contributed by atoms with Gasteiger partial charge in [0.25, 0.3) is 0 Å². The molecule has 1 aromatic rings. The summed E-state index contributed by atoms with van der Waals surface area (Å²) in [5.41, 5.74) is 0. The Kier molecular flexibility index (Phi) is 11.9. The van der Waals surface area contributed by atoms with Crippen LogP contribution in [0, 0.1) is 11.8 Å². The van der Waals surface area contributed by atoms with Crippen LogP contribution in [0.4, 0.5) is 0 Å². The summed E-state index contributed by atoms with van der Waals surface area (Å²) >= 11 is 1.87. The molecule has 2 fully saturated rings. The summed E-state index contributed by atoms with van der Waals surface area (Å²) in [5, 5.41) is 9.23. The number of rotatable bonds is 8. The highest BCUT2D eigenvalue weighted by atomic mass is 127. The van der Waals surface area contributed by atoms with Crippen LogP contribution in [-0.2, 0) is 6.54 Å². The number of nitrogens with one attached hydrogen (secondary N) is 2. The number of likely N-dealkylation sites (tertiary alicyclic amines) is 2. The van der Waals surface area contributed by atoms with E-state index >= 15 is 0 Å². The Balaban J connectivity index is 0.00000300. The zero-order chi connectivity index (χ0) is 19.6. The van der Waals surface area contributed by atoms with Gasteiger partial charge in [0.05, 0.1) is 0 Å². The molecule has 29 heavy (non-hydrogen) atoms. The minimum atomic E-state index is 0. The van der Waals surface area contributed by atoms with Crippen molar-refractivity contribution in [3.63, 3.8) is 0 Å². The predicted octanol–water partition coefficient (Wildman–Crippen LogP) is 3.87. The number of piperidine rings is 2. The molecule has 0 bridgehead atoms. The molecule has 0 radical (unpaired) electrons. The lowest BCUT2D eigenvalue weighted by Crippen LogP contribution is -2.43. The van der Waals surface area contributed by atoms with E-state index in [1.54, 1.807) is 0 Å². The van der Waals surface area contributed by atoms with Crippen LogP contribution < -0.4 is 10.6 Å². The number of nitrogens with zero attached hydrogens (tertiary/aromatic N) is 3. The first kappa shape index (κ1) is 24.9. The van der Waals surface area contributed by atoms with Crippen molar-refractivity contribution in [3.8, 4) is 0 Å². The van der Waals surface area contributed by atoms with Gasteiger partial charge in [0, 0.05) is 31.6 Å². The van der Waals surface area contributed by atoms with Gasteiger partial charge in [-0.3, -0.25) is 9.89 Å². The topological polar surface area (TPSA) is 42.9 Å². The third-order valence-corrected chi connectivity index (χ3v) is 7.13. The van der Waals surface area contributed by atoms with E-state index < -0.39 is 0 Å². The summed E-state index contributed by atoms with van der Waals surface area (Å²) in [6.07, 6.45) is 6.48. The molecule has 2 aliphatic heterocycles. The average molecular weight is 534 g/mol. The lowest BCUT2D eigenvalue weighted by molar-refractivity contribution is 0.179. The van der Waals surface area contributed by atoms with Crippen LogP contribution >= 0.6 is 35.3 Å². The van der Waals surface area contributed by atoms with Crippen molar-refractivity contribution in [2.45, 2.75) is 45.6 Å². The Labute approximate surface area is 198 Å². The van der Waals surface area contributed by atoms with Crippen molar-refractivity contribution in [1.29, 1.82) is 0 Å². The molecule has 0 spiro atoms. The van der Waals surface area contributed by atoms with E-state index in [-0.39, 0.29) is 24.0 Å². The lowest BCUT2D eigenvalue weighted by Gasteiger charge is -2.32. The largest absolute Gasteiger partial charge is 0.356 e. The van der Waals surface area contributed by atoms with Crippen LogP contribution in [0.5, 0.6) is 0 Å². The molecule has 2 saturated heterocycles. The first-order valence-electron chi connectivity index (χ1n) is 11.1. The Bertz CT molecular complexity index is 564. The molecule has 0 saturated carbocycles. The summed E-state index contributed by atoms with van der Waals surface area (Å²) in [6.45, 7) is 11.7. The van der Waals surface area contributed by atoms with E-state index in [0.717, 1.165) is 37.4 Å². The molecule has 0 unspecified atom stereocenters. The van der Waals surface area contributed by atoms with Crippen LogP contribution in [0.2, 0.25) is 0 Å². The molecule has 1 aromatic heterocycles. The lowest BCUT2D eigenvalue weighted by atomic mass is 9.97. The third-order valence-electron chi connectivity index (χ3n) is 6.27. The molecule has 5 nitrogen and oxygen atoms in total. The molecule has 0 aliphatic carbocycles. The van der Waals surface area contributed by atoms with Gasteiger partial charge in [0.2, 0.25) is 0 Å². The zero-order valence-corrected chi connectivity index (χ0v) is 21.4. The van der Waals surface area contributed by atoms with Gasteiger partial charge in [-0.15, -0.1) is 35.3 Å². The van der Waals surface area contributed by atoms with E-state index in [1.807, 2.05) is 18.4 Å². The molecule has 166 valence electrons. The van der Waals surface area contributed by atoms with Crippen molar-refractivity contribution in [2.75, 3.05) is 52.9 Å². The van der Waals surface area contributed by atoms with Crippen LogP contribution in [0.1, 0.15) is 43.9 Å². The highest BCUT2D eigenvalue weighted by Crippen LogP contribution is 2.20. The fraction of sp³-hybridized carbons (Fsp3) is 0.773. The number of hydrogen-bond acceptors (Lipinski definition) is 4. The number of guanidine groups is 1. The minimum Gasteiger partial charge on any atom is -0.356 e. The summed E-state index contributed by atoms with van der Waals surface area (Å²) in [4.78, 5) is 11.1. The van der Waals surface area contributed by atoms with Gasteiger partial charge in [0.15, 0.2) is 5.96 Å². The fourth-order valence-electron chi connectivity index (χ4n) is 4.23. The maximum atomic E-state index is 4.40. The van der Waals surface area contributed by atoms with Crippen LogP contribution in [-0.4, -0.2) is 68.6 Å². The van der Waals surface area contributed by atoms with Crippen LogP contribution in [0.25, 0.3) is 0 Å². The van der Waals surface area contributed by atoms with Crippen molar-refractivity contribution in [1.82, 2.24) is 20.4 Å². The van der Waals surface area contributed by atoms with Crippen molar-refractivity contribution in [2.24, 2.45) is 16.8 Å². The van der Waals surface area contributed by atoms with Gasteiger partial charge >= 0.3 is 0 Å². The molecule has 3 heterocycles. The maximum Gasteiger partial charge on any atom is 0.190 e. The highest BCUT2D eigenvalue weighted by molar-refractivity contribution is 14.0. The van der Waals surface area contributed by atoms with E-state index in [9.17, 15) is 0 Å². The van der Waals surface area contributed by atoms with E-state index in [4.69, 9.17) is 0 Å². The highest BCUT2D eigenvalue weighted by Gasteiger charge is 2.20. The number of aliphatic imine (C=N–C) groups is 1. The molecule has 7 heteroatoms. The van der Waals surface area contributed by atoms with E-state index in [0.29, 0.717) is 0 Å². The minimum absolute atomic E-state index is 0. The summed E-state index contributed by atoms with van der Waals surface area (Å²) in [6, 6.07) is 4.40. The SMILES string of the molecule is CN=C(NCCCN1CCC(C)CC1)NCC1CCN(Cc2cccs2)CC1.I. The zero-order valence-electron chi connectivity index (χ0n) is 18.2. The summed E-state index contributed by atoms with van der Waals surface area (Å²) in [5.74, 6) is 2.64. The average Bonchev–Trinajstić information content (AvgIpc) is 3.23. The molecular formula is C22H40IN5S. The molecule has 2 aliphatic rings. The monoisotopic (exact) mass is 533 g/mol. The van der Waals surface area contributed by atoms with Gasteiger partial charge < -0.3 is 15.5 Å². The predicted molar refractivity (Wildman–Crippen MR) is 137 cm³/mol. The smallest absolute Gasteiger partial charge is 0.190 e. The Morgan fingerprint density at radius 3 is 2.48 bits per heavy atom. The molecule has 0 atom stereocenters.